The fourth-order valence-electron chi connectivity index (χ4n) is 13.5. The van der Waals surface area contributed by atoms with Crippen molar-refractivity contribution in [1.29, 1.82) is 0 Å². The van der Waals surface area contributed by atoms with Crippen LogP contribution in [0.15, 0.2) is 97.7 Å². The molecule has 0 aliphatic carbocycles. The molecule has 9 aromatic heterocycles. The van der Waals surface area contributed by atoms with Gasteiger partial charge in [0.25, 0.3) is 19.3 Å². The van der Waals surface area contributed by atoms with E-state index >= 15 is 0 Å². The Morgan fingerprint density at radius 1 is 0.490 bits per heavy atom. The maximum atomic E-state index is 13.4. The number of sulfonamides is 3. The van der Waals surface area contributed by atoms with Crippen LogP contribution in [0.4, 0.5) is 55.3 Å². The molecule has 3 atom stereocenters. The second-order valence-corrected chi connectivity index (χ2v) is 32.4. The zero-order valence-electron chi connectivity index (χ0n) is 56.0. The lowest BCUT2D eigenvalue weighted by molar-refractivity contribution is -0.161. The van der Waals surface area contributed by atoms with Crippen molar-refractivity contribution in [3.8, 4) is 33.8 Å². The van der Waals surface area contributed by atoms with Gasteiger partial charge in [0.2, 0.25) is 30.1 Å². The number of alkyl halides is 6. The number of halogens is 6. The SMILES string of the molecule is CS(=O)(=O)NCC1CCCN(c2cc(-c3cnc4ccc(C(F)F)nn34)cc(N3CC(O)C3)n2)C1.CS(=O)(=O)NCC1CCCN(c2cc(-c3cnc4ccc(C(F)F)nn34)cc(N3CC4(CCO4)C3)n2)C1.CS(=O)(=O)NCC1CCCN(c2cncc(-c3cnc4ccc(C(F)F)nn34)c2)C1. The minimum Gasteiger partial charge on any atom is -0.389 e. The average Bonchev–Trinajstić information content (AvgIpc) is 0.816. The van der Waals surface area contributed by atoms with Gasteiger partial charge in [-0.2, -0.15) is 15.3 Å². The highest BCUT2D eigenvalue weighted by atomic mass is 32.2. The van der Waals surface area contributed by atoms with E-state index in [9.17, 15) is 56.7 Å². The van der Waals surface area contributed by atoms with Gasteiger partial charge in [0, 0.05) is 101 Å². The molecule has 6 saturated heterocycles. The molecule has 0 radical (unpaired) electrons. The zero-order valence-corrected chi connectivity index (χ0v) is 58.5. The monoisotopic (exact) mass is 1480 g/mol. The molecule has 15 heterocycles. The van der Waals surface area contributed by atoms with Crippen LogP contribution in [-0.4, -0.2) is 211 Å². The minimum absolute atomic E-state index is 0.0809. The first-order valence-electron chi connectivity index (χ1n) is 33.4. The van der Waals surface area contributed by atoms with Crippen molar-refractivity contribution < 1.29 is 61.4 Å². The van der Waals surface area contributed by atoms with Crippen LogP contribution in [0.1, 0.15) is 81.3 Å². The molecule has 6 aliphatic rings. The fraction of sp³-hybridized carbons (Fsp3) is 0.492. The Morgan fingerprint density at radius 3 is 1.24 bits per heavy atom. The van der Waals surface area contributed by atoms with E-state index in [0.29, 0.717) is 104 Å². The number of fused-ring (bicyclic) bond motifs is 3. The standard InChI is InChI=1S/C24H29F2N7O3S.C22H27F2N7O3S.C19H22F2N6O2S/c1-37(34,35)28-11-16-3-2-7-31(13-16)21-9-17(10-22(29-21)32-14-24(15-32)6-8-36-24)19-12-27-20-5-4-18(23(25)26)30-33(19)20;1-35(33,34)26-9-14-3-2-6-29(11-14)20-7-15(8-21(27-20)30-12-16(32)13-30)18-10-25-19-5-4-17(22(23)24)28-31(18)19;1-30(28,29)24-8-13-3-2-6-26(12-13)15-7-14(9-22-10-15)17-11-23-18-5-4-16(19(20)21)25-27(17)18/h4-5,9-10,12,16,23,28H,2-3,6-8,11,13-15H2,1H3;4-5,7-8,10,14,16,22,26,32H,2-3,6,9,11-13H2,1H3;4-5,7,9-11,13,19,24H,2-3,6,8,12H2,1H3. The van der Waals surface area contributed by atoms with Gasteiger partial charge < -0.3 is 34.3 Å². The maximum Gasteiger partial charge on any atom is 0.282 e. The topological polar surface area (TPSA) is 313 Å². The Bertz CT molecular complexity index is 4850. The fourth-order valence-corrected chi connectivity index (χ4v) is 15.2. The summed E-state index contributed by atoms with van der Waals surface area (Å²) in [5, 5.41) is 22.0. The molecule has 4 N–H and O–H groups in total. The summed E-state index contributed by atoms with van der Waals surface area (Å²) in [6.45, 7) is 8.71. The van der Waals surface area contributed by atoms with Gasteiger partial charge >= 0.3 is 0 Å². The molecule has 28 nitrogen and oxygen atoms in total. The predicted octanol–water partition coefficient (Wildman–Crippen LogP) is 6.64. The maximum absolute atomic E-state index is 13.4. The summed E-state index contributed by atoms with van der Waals surface area (Å²) in [6, 6.07) is 17.9. The molecule has 546 valence electrons. The van der Waals surface area contributed by atoms with Gasteiger partial charge in [0.1, 0.15) is 46.0 Å². The number of β-amino-alcohol motifs (C(OH)–C–C–N with tert-alkyl or cyclic N) is 1. The Kier molecular flexibility index (Phi) is 21.0. The quantitative estimate of drug-likeness (QED) is 0.0581. The minimum atomic E-state index is -3.28. The highest BCUT2D eigenvalue weighted by Gasteiger charge is 2.50. The van der Waals surface area contributed by atoms with E-state index in [1.165, 1.54) is 56.2 Å². The number of piperidine rings is 3. The van der Waals surface area contributed by atoms with Gasteiger partial charge in [-0.1, -0.05) is 0 Å². The lowest BCUT2D eigenvalue weighted by atomic mass is 9.86. The molecule has 1 spiro atoms. The molecule has 9 aromatic rings. The van der Waals surface area contributed by atoms with Crippen LogP contribution in [0.25, 0.3) is 50.7 Å². The number of nitrogens with one attached hydrogen (secondary N) is 3. The van der Waals surface area contributed by atoms with Gasteiger partial charge in [-0.05, 0) is 123 Å². The van der Waals surface area contributed by atoms with E-state index in [1.54, 1.807) is 31.0 Å². The lowest BCUT2D eigenvalue weighted by Gasteiger charge is -2.55. The molecule has 0 amide bonds. The van der Waals surface area contributed by atoms with Crippen LogP contribution >= 0.6 is 0 Å². The number of rotatable bonds is 20. The summed E-state index contributed by atoms with van der Waals surface area (Å²) < 4.78 is 166. The van der Waals surface area contributed by atoms with Crippen molar-refractivity contribution in [2.75, 3.05) is 135 Å². The number of ether oxygens (including phenoxy) is 1. The number of anilines is 5. The third-order valence-electron chi connectivity index (χ3n) is 18.9. The van der Waals surface area contributed by atoms with Crippen LogP contribution in [0.2, 0.25) is 0 Å². The van der Waals surface area contributed by atoms with E-state index in [0.717, 1.165) is 125 Å². The first-order valence-corrected chi connectivity index (χ1v) is 39.1. The van der Waals surface area contributed by atoms with Crippen molar-refractivity contribution in [3.05, 3.63) is 115 Å². The van der Waals surface area contributed by atoms with Crippen LogP contribution in [-0.2, 0) is 34.8 Å². The van der Waals surface area contributed by atoms with Gasteiger partial charge in [-0.25, -0.2) is 104 Å². The summed E-state index contributed by atoms with van der Waals surface area (Å²) in [7, 11) is -9.77. The third-order valence-corrected chi connectivity index (χ3v) is 21.0. The summed E-state index contributed by atoms with van der Waals surface area (Å²) in [5.74, 6) is 3.38. The van der Waals surface area contributed by atoms with Gasteiger partial charge in [-0.3, -0.25) is 4.98 Å². The molecular weight excluding hydrogens is 1400 g/mol. The predicted molar refractivity (Wildman–Crippen MR) is 371 cm³/mol. The number of nitrogens with zero attached hydrogens (tertiary/aromatic N) is 17. The molecule has 0 saturated carbocycles. The lowest BCUT2D eigenvalue weighted by Crippen LogP contribution is -2.68. The highest BCUT2D eigenvalue weighted by Crippen LogP contribution is 2.41. The largest absolute Gasteiger partial charge is 0.389 e. The molecule has 6 aliphatic heterocycles. The van der Waals surface area contributed by atoms with Gasteiger partial charge in [0.15, 0.2) is 16.9 Å². The van der Waals surface area contributed by atoms with Crippen LogP contribution in [0.5, 0.6) is 0 Å². The van der Waals surface area contributed by atoms with Crippen molar-refractivity contribution in [3.63, 3.8) is 0 Å². The normalized spacial score (nSPS) is 19.7. The number of pyridine rings is 3. The van der Waals surface area contributed by atoms with Crippen molar-refractivity contribution in [1.82, 2.24) is 72.9 Å². The number of aliphatic hydroxyl groups is 1. The van der Waals surface area contributed by atoms with Crippen LogP contribution in [0.3, 0.4) is 0 Å². The summed E-state index contributed by atoms with van der Waals surface area (Å²) in [4.78, 5) is 37.6. The summed E-state index contributed by atoms with van der Waals surface area (Å²) in [6.07, 6.45) is 9.75. The second-order valence-electron chi connectivity index (χ2n) is 26.9. The molecular formula is C65H78F6N20O8S3. The molecule has 37 heteroatoms. The number of aliphatic hydroxyl groups excluding tert-OH is 1. The Hall–Kier alpha value is -8.46. The summed E-state index contributed by atoms with van der Waals surface area (Å²) >= 11 is 0. The number of aromatic nitrogens is 12. The van der Waals surface area contributed by atoms with E-state index in [4.69, 9.17) is 14.7 Å². The van der Waals surface area contributed by atoms with Crippen LogP contribution in [0, 0.1) is 17.8 Å². The van der Waals surface area contributed by atoms with Crippen LogP contribution < -0.4 is 38.7 Å². The number of imidazole rings is 3. The van der Waals surface area contributed by atoms with E-state index in [2.05, 4.69) is 69.0 Å². The molecule has 0 aromatic carbocycles. The zero-order chi connectivity index (χ0) is 71.8. The van der Waals surface area contributed by atoms with Crippen molar-refractivity contribution >= 4 is 76.0 Å². The first kappa shape index (κ1) is 71.9. The van der Waals surface area contributed by atoms with Crippen molar-refractivity contribution in [2.45, 2.75) is 75.9 Å². The van der Waals surface area contributed by atoms with Crippen molar-refractivity contribution in [2.24, 2.45) is 17.8 Å². The number of hydrogen-bond acceptors (Lipinski definition) is 22. The average molecular weight is 1480 g/mol. The first-order chi connectivity index (χ1) is 48.6. The molecule has 102 heavy (non-hydrogen) atoms. The van der Waals surface area contributed by atoms with Gasteiger partial charge in [-0.15, -0.1) is 0 Å². The molecule has 0 bridgehead atoms. The second kappa shape index (κ2) is 29.7. The highest BCUT2D eigenvalue weighted by molar-refractivity contribution is 7.89. The Labute approximate surface area is 584 Å². The van der Waals surface area contributed by atoms with E-state index < -0.39 is 55.5 Å². The van der Waals surface area contributed by atoms with E-state index in [-0.39, 0.29) is 40.4 Å². The molecule has 3 unspecified atom stereocenters. The molecule has 6 fully saturated rings. The third kappa shape index (κ3) is 17.1. The number of hydrogen-bond donors (Lipinski definition) is 4. The van der Waals surface area contributed by atoms with E-state index in [1.807, 2.05) is 35.2 Å². The van der Waals surface area contributed by atoms with Gasteiger partial charge in [0.05, 0.1) is 92.1 Å². The molecule has 15 rings (SSSR count). The Balaban J connectivity index is 0.000000137. The smallest absolute Gasteiger partial charge is 0.282 e. The Morgan fingerprint density at radius 2 is 0.863 bits per heavy atom. The summed E-state index contributed by atoms with van der Waals surface area (Å²) in [5.41, 5.74) is 5.19.